The average Bonchev–Trinajstić information content (AvgIpc) is 2.53. The third kappa shape index (κ3) is 3.66. The maximum absolute atomic E-state index is 6.41. The molecule has 2 unspecified atom stereocenters. The van der Waals surface area contributed by atoms with Gasteiger partial charge in [-0.25, -0.2) is 0 Å². The number of hydrogen-bond donors (Lipinski definition) is 1. The van der Waals surface area contributed by atoms with Gasteiger partial charge in [0.2, 0.25) is 0 Å². The van der Waals surface area contributed by atoms with Gasteiger partial charge in [-0.05, 0) is 35.6 Å². The minimum absolute atomic E-state index is 0.181. The van der Waals surface area contributed by atoms with Crippen LogP contribution in [-0.4, -0.2) is 7.11 Å². The molecule has 21 heavy (non-hydrogen) atoms. The van der Waals surface area contributed by atoms with Gasteiger partial charge in [0.05, 0.1) is 13.2 Å². The molecule has 2 atom stereocenters. The van der Waals surface area contributed by atoms with E-state index in [1.807, 2.05) is 18.2 Å². The molecule has 0 saturated carbocycles. The van der Waals surface area contributed by atoms with Gasteiger partial charge in [0, 0.05) is 10.0 Å². The van der Waals surface area contributed by atoms with Gasteiger partial charge in [-0.2, -0.15) is 0 Å². The topological polar surface area (TPSA) is 35.2 Å². The van der Waals surface area contributed by atoms with E-state index in [0.717, 1.165) is 27.8 Å². The Labute approximate surface area is 135 Å². The second kappa shape index (κ2) is 7.10. The Hall–Kier alpha value is -1.32. The minimum atomic E-state index is -0.181. The van der Waals surface area contributed by atoms with Crippen LogP contribution in [0.15, 0.2) is 46.9 Å². The smallest absolute Gasteiger partial charge is 0.125 e. The second-order valence-corrected chi connectivity index (χ2v) is 6.26. The molecule has 2 N–H and O–H groups in total. The fourth-order valence-electron chi connectivity index (χ4n) is 2.39. The largest absolute Gasteiger partial charge is 0.496 e. The quantitative estimate of drug-likeness (QED) is 0.823. The number of nitrogens with two attached hydrogens (primary N) is 1. The fourth-order valence-corrected chi connectivity index (χ4v) is 2.73. The normalized spacial score (nSPS) is 13.8. The number of rotatable bonds is 5. The summed E-state index contributed by atoms with van der Waals surface area (Å²) in [7, 11) is 1.67. The summed E-state index contributed by atoms with van der Waals surface area (Å²) in [6, 6.07) is 14.4. The molecule has 2 aromatic rings. The van der Waals surface area contributed by atoms with Crippen LogP contribution >= 0.6 is 15.9 Å². The van der Waals surface area contributed by atoms with E-state index in [1.165, 1.54) is 5.56 Å². The van der Waals surface area contributed by atoms with Crippen molar-refractivity contribution in [2.45, 2.75) is 32.2 Å². The van der Waals surface area contributed by atoms with Crippen LogP contribution in [0.5, 0.6) is 5.75 Å². The molecule has 0 radical (unpaired) electrons. The van der Waals surface area contributed by atoms with E-state index in [-0.39, 0.29) is 6.04 Å². The molecule has 0 spiro atoms. The summed E-state index contributed by atoms with van der Waals surface area (Å²) in [6.07, 6.45) is 1.14. The number of halogens is 1. The predicted molar refractivity (Wildman–Crippen MR) is 91.9 cm³/mol. The Bertz CT molecular complexity index is 595. The van der Waals surface area contributed by atoms with Crippen molar-refractivity contribution >= 4 is 15.9 Å². The molecular weight excluding hydrogens is 326 g/mol. The lowest BCUT2D eigenvalue weighted by Crippen LogP contribution is -2.13. The molecular formula is C18H22BrNO. The predicted octanol–water partition coefficient (Wildman–Crippen LogP) is 5.02. The molecule has 0 fully saturated rings. The maximum Gasteiger partial charge on any atom is 0.125 e. The lowest BCUT2D eigenvalue weighted by Gasteiger charge is -2.17. The highest BCUT2D eigenvalue weighted by molar-refractivity contribution is 9.10. The highest BCUT2D eigenvalue weighted by Crippen LogP contribution is 2.31. The zero-order valence-corrected chi connectivity index (χ0v) is 14.4. The zero-order valence-electron chi connectivity index (χ0n) is 12.8. The molecule has 0 heterocycles. The SMILES string of the molecule is CCC(C)c1ccc(C(N)c2ccc(Br)cc2OC)cc1. The van der Waals surface area contributed by atoms with Crippen molar-refractivity contribution in [3.8, 4) is 5.75 Å². The minimum Gasteiger partial charge on any atom is -0.496 e. The van der Waals surface area contributed by atoms with E-state index in [9.17, 15) is 0 Å². The third-order valence-corrected chi connectivity index (χ3v) is 4.50. The van der Waals surface area contributed by atoms with Crippen molar-refractivity contribution in [2.75, 3.05) is 7.11 Å². The van der Waals surface area contributed by atoms with Crippen LogP contribution in [0.25, 0.3) is 0 Å². The highest BCUT2D eigenvalue weighted by atomic mass is 79.9. The standard InChI is InChI=1S/C18H22BrNO/c1-4-12(2)13-5-7-14(8-6-13)18(20)16-10-9-15(19)11-17(16)21-3/h5-12,18H,4,20H2,1-3H3. The summed E-state index contributed by atoms with van der Waals surface area (Å²) in [6.45, 7) is 4.45. The van der Waals surface area contributed by atoms with Gasteiger partial charge in [-0.15, -0.1) is 0 Å². The van der Waals surface area contributed by atoms with Crippen molar-refractivity contribution in [1.29, 1.82) is 0 Å². The van der Waals surface area contributed by atoms with Gasteiger partial charge < -0.3 is 10.5 Å². The Kier molecular flexibility index (Phi) is 5.43. The highest BCUT2D eigenvalue weighted by Gasteiger charge is 2.14. The van der Waals surface area contributed by atoms with Crippen molar-refractivity contribution in [3.05, 3.63) is 63.6 Å². The lowest BCUT2D eigenvalue weighted by atomic mass is 9.94. The molecule has 0 aliphatic rings. The van der Waals surface area contributed by atoms with Crippen LogP contribution in [0.2, 0.25) is 0 Å². The number of benzene rings is 2. The fraction of sp³-hybridized carbons (Fsp3) is 0.333. The van der Waals surface area contributed by atoms with Crippen LogP contribution in [0.1, 0.15) is 48.9 Å². The summed E-state index contributed by atoms with van der Waals surface area (Å²) in [5.41, 5.74) is 9.86. The van der Waals surface area contributed by atoms with Crippen LogP contribution < -0.4 is 10.5 Å². The zero-order chi connectivity index (χ0) is 15.4. The lowest BCUT2D eigenvalue weighted by molar-refractivity contribution is 0.407. The van der Waals surface area contributed by atoms with Crippen molar-refractivity contribution in [3.63, 3.8) is 0 Å². The molecule has 0 saturated heterocycles. The maximum atomic E-state index is 6.41. The molecule has 0 aromatic heterocycles. The van der Waals surface area contributed by atoms with E-state index in [2.05, 4.69) is 54.0 Å². The van der Waals surface area contributed by atoms with Gasteiger partial charge in [0.15, 0.2) is 0 Å². The van der Waals surface area contributed by atoms with Gasteiger partial charge in [-0.3, -0.25) is 0 Å². The summed E-state index contributed by atoms with van der Waals surface area (Å²) in [5, 5.41) is 0. The second-order valence-electron chi connectivity index (χ2n) is 5.34. The summed E-state index contributed by atoms with van der Waals surface area (Å²) in [4.78, 5) is 0. The third-order valence-electron chi connectivity index (χ3n) is 4.01. The van der Waals surface area contributed by atoms with Crippen molar-refractivity contribution < 1.29 is 4.74 Å². The van der Waals surface area contributed by atoms with Crippen LogP contribution in [0, 0.1) is 0 Å². The Morgan fingerprint density at radius 3 is 2.29 bits per heavy atom. The average molecular weight is 348 g/mol. The molecule has 112 valence electrons. The van der Waals surface area contributed by atoms with Crippen molar-refractivity contribution in [1.82, 2.24) is 0 Å². The van der Waals surface area contributed by atoms with Gasteiger partial charge in [0.1, 0.15) is 5.75 Å². The first kappa shape index (κ1) is 16.1. The van der Waals surface area contributed by atoms with Gasteiger partial charge in [-0.1, -0.05) is 60.1 Å². The Balaban J connectivity index is 2.29. The molecule has 0 amide bonds. The van der Waals surface area contributed by atoms with E-state index in [0.29, 0.717) is 5.92 Å². The first-order valence-electron chi connectivity index (χ1n) is 7.25. The van der Waals surface area contributed by atoms with Crippen LogP contribution in [0.4, 0.5) is 0 Å². The molecule has 2 nitrogen and oxygen atoms in total. The first-order valence-corrected chi connectivity index (χ1v) is 8.05. The Morgan fingerprint density at radius 1 is 1.10 bits per heavy atom. The van der Waals surface area contributed by atoms with Gasteiger partial charge >= 0.3 is 0 Å². The molecule has 0 aliphatic heterocycles. The molecule has 2 aromatic carbocycles. The summed E-state index contributed by atoms with van der Waals surface area (Å²) in [5.74, 6) is 1.39. The van der Waals surface area contributed by atoms with E-state index < -0.39 is 0 Å². The molecule has 3 heteroatoms. The number of ether oxygens (including phenoxy) is 1. The number of hydrogen-bond acceptors (Lipinski definition) is 2. The molecule has 0 bridgehead atoms. The Morgan fingerprint density at radius 2 is 1.71 bits per heavy atom. The van der Waals surface area contributed by atoms with E-state index in [1.54, 1.807) is 7.11 Å². The molecule has 2 rings (SSSR count). The first-order chi connectivity index (χ1) is 10.1. The van der Waals surface area contributed by atoms with Crippen molar-refractivity contribution in [2.24, 2.45) is 5.73 Å². The van der Waals surface area contributed by atoms with Crippen LogP contribution in [0.3, 0.4) is 0 Å². The summed E-state index contributed by atoms with van der Waals surface area (Å²) < 4.78 is 6.43. The monoisotopic (exact) mass is 347 g/mol. The van der Waals surface area contributed by atoms with Crippen LogP contribution in [-0.2, 0) is 0 Å². The summed E-state index contributed by atoms with van der Waals surface area (Å²) >= 11 is 3.46. The number of methoxy groups -OCH3 is 1. The molecule has 0 aliphatic carbocycles. The van der Waals surface area contributed by atoms with E-state index >= 15 is 0 Å². The van der Waals surface area contributed by atoms with Gasteiger partial charge in [0.25, 0.3) is 0 Å². The van der Waals surface area contributed by atoms with E-state index in [4.69, 9.17) is 10.5 Å².